The number of hydrogen-bond acceptors (Lipinski definition) is 3. The maximum atomic E-state index is 11.3. The van der Waals surface area contributed by atoms with Gasteiger partial charge in [0.25, 0.3) is 5.78 Å². The van der Waals surface area contributed by atoms with Crippen LogP contribution in [-0.4, -0.2) is 25.0 Å². The maximum absolute atomic E-state index is 11.3. The van der Waals surface area contributed by atoms with Gasteiger partial charge in [-0.05, 0) is 35.4 Å². The Balaban J connectivity index is 2.78. The van der Waals surface area contributed by atoms with Gasteiger partial charge in [0.2, 0.25) is 0 Å². The first-order valence-corrected chi connectivity index (χ1v) is 5.39. The number of benzene rings is 1. The normalized spacial score (nSPS) is 15.6. The number of carbonyl (C=O) groups is 1. The Kier molecular flexibility index (Phi) is 2.62. The molecule has 6 heteroatoms. The number of carbonyl (C=O) groups excluding carboxylic acids is 1. The second-order valence-electron chi connectivity index (χ2n) is 3.10. The van der Waals surface area contributed by atoms with E-state index in [-0.39, 0.29) is 10.6 Å². The third-order valence-corrected chi connectivity index (χ3v) is 2.95. The largest absolute Gasteiger partial charge is 0.768 e. The van der Waals surface area contributed by atoms with Crippen LogP contribution in [0.5, 0.6) is 0 Å². The van der Waals surface area contributed by atoms with E-state index < -0.39 is 16.9 Å². The van der Waals surface area contributed by atoms with Gasteiger partial charge in [0.05, 0.1) is 5.56 Å². The Hall–Kier alpha value is -1.88. The van der Waals surface area contributed by atoms with Gasteiger partial charge in [-0.2, -0.15) is 4.79 Å². The van der Waals surface area contributed by atoms with Crippen molar-refractivity contribution in [2.45, 2.75) is 4.90 Å². The van der Waals surface area contributed by atoms with Crippen LogP contribution in [0, 0.1) is 0 Å². The molecule has 1 aliphatic rings. The second-order valence-corrected chi connectivity index (χ2v) is 4.01. The minimum absolute atomic E-state index is 0.0717. The van der Waals surface area contributed by atoms with E-state index in [1.54, 1.807) is 0 Å². The number of rotatable bonds is 1. The van der Waals surface area contributed by atoms with E-state index in [4.69, 9.17) is 5.53 Å². The third-order valence-electron chi connectivity index (χ3n) is 2.24. The highest BCUT2D eigenvalue weighted by Crippen LogP contribution is 2.23. The molecule has 5 nitrogen and oxygen atoms in total. The third kappa shape index (κ3) is 1.55. The van der Waals surface area contributed by atoms with Crippen LogP contribution in [0.4, 0.5) is 0 Å². The fourth-order valence-corrected chi connectivity index (χ4v) is 2.09. The van der Waals surface area contributed by atoms with Crippen LogP contribution in [0.2, 0.25) is 0 Å². The van der Waals surface area contributed by atoms with Crippen molar-refractivity contribution in [1.29, 1.82) is 0 Å². The summed E-state index contributed by atoms with van der Waals surface area (Å²) < 4.78 is 21.9. The van der Waals surface area contributed by atoms with Crippen LogP contribution in [-0.2, 0) is 15.9 Å². The first-order chi connectivity index (χ1) is 7.65. The summed E-state index contributed by atoms with van der Waals surface area (Å²) >= 11 is -2.40. The summed E-state index contributed by atoms with van der Waals surface area (Å²) in [6.07, 6.45) is 2.57. The smallest absolute Gasteiger partial charge is 0.369 e. The van der Waals surface area contributed by atoms with E-state index >= 15 is 0 Å². The standard InChI is InChI=1S/C10H6N2O3S/c11-12-10-7-2-1-3-9(16(14)15)6(7)4-5-8(10)13/h1-5H,(H,14,15)/p-1. The zero-order chi connectivity index (χ0) is 11.7. The Morgan fingerprint density at radius 1 is 1.31 bits per heavy atom. The van der Waals surface area contributed by atoms with Gasteiger partial charge >= 0.3 is 5.71 Å². The van der Waals surface area contributed by atoms with Gasteiger partial charge in [0, 0.05) is 10.5 Å². The number of ketones is 1. The molecule has 1 atom stereocenters. The van der Waals surface area contributed by atoms with E-state index in [0.29, 0.717) is 11.1 Å². The highest BCUT2D eigenvalue weighted by Gasteiger charge is 2.27. The summed E-state index contributed by atoms with van der Waals surface area (Å²) in [5, 5.41) is 0. The summed E-state index contributed by atoms with van der Waals surface area (Å²) in [6, 6.07) is 4.43. The summed E-state index contributed by atoms with van der Waals surface area (Å²) in [6.45, 7) is 0. The lowest BCUT2D eigenvalue weighted by Crippen LogP contribution is -2.19. The molecule has 0 amide bonds. The van der Waals surface area contributed by atoms with Gasteiger partial charge in [-0.15, -0.1) is 0 Å². The number of allylic oxidation sites excluding steroid dienone is 1. The van der Waals surface area contributed by atoms with Gasteiger partial charge in [0.15, 0.2) is 0 Å². The van der Waals surface area contributed by atoms with Gasteiger partial charge in [-0.3, -0.25) is 9.00 Å². The molecular weight excluding hydrogens is 228 g/mol. The van der Waals surface area contributed by atoms with Gasteiger partial charge < -0.3 is 10.1 Å². The quantitative estimate of drug-likeness (QED) is 0.402. The molecule has 80 valence electrons. The Morgan fingerprint density at radius 3 is 2.69 bits per heavy atom. The molecule has 2 rings (SSSR count). The van der Waals surface area contributed by atoms with Crippen molar-refractivity contribution in [1.82, 2.24) is 0 Å². The Bertz CT molecular complexity index is 586. The summed E-state index contributed by atoms with van der Waals surface area (Å²) in [5.41, 5.74) is 9.25. The van der Waals surface area contributed by atoms with Crippen LogP contribution in [0.25, 0.3) is 11.6 Å². The van der Waals surface area contributed by atoms with Crippen molar-refractivity contribution >= 4 is 28.7 Å². The average Bonchev–Trinajstić information content (AvgIpc) is 2.27. The van der Waals surface area contributed by atoms with Crippen molar-refractivity contribution in [3.8, 4) is 0 Å². The zero-order valence-corrected chi connectivity index (χ0v) is 8.73. The van der Waals surface area contributed by atoms with Crippen molar-refractivity contribution in [2.75, 3.05) is 0 Å². The molecule has 0 N–H and O–H groups in total. The first kappa shape index (κ1) is 10.6. The summed E-state index contributed by atoms with van der Waals surface area (Å²) in [5.74, 6) is -0.455. The lowest BCUT2D eigenvalue weighted by atomic mass is 9.95. The molecule has 0 saturated carbocycles. The van der Waals surface area contributed by atoms with Crippen LogP contribution < -0.4 is 0 Å². The van der Waals surface area contributed by atoms with E-state index in [1.165, 1.54) is 30.4 Å². The monoisotopic (exact) mass is 233 g/mol. The van der Waals surface area contributed by atoms with Gasteiger partial charge in [-0.1, -0.05) is 6.07 Å². The molecule has 0 fully saturated rings. The topological polar surface area (TPSA) is 93.6 Å². The summed E-state index contributed by atoms with van der Waals surface area (Å²) in [7, 11) is 0. The number of hydrogen-bond donors (Lipinski definition) is 0. The van der Waals surface area contributed by atoms with Crippen molar-refractivity contribution in [2.24, 2.45) is 0 Å². The molecule has 1 aromatic rings. The second kappa shape index (κ2) is 3.94. The van der Waals surface area contributed by atoms with Crippen molar-refractivity contribution < 1.29 is 18.3 Å². The first-order valence-electron chi connectivity index (χ1n) is 4.32. The fraction of sp³-hybridized carbons (Fsp3) is 0. The fourth-order valence-electron chi connectivity index (χ4n) is 1.54. The molecule has 1 aliphatic carbocycles. The average molecular weight is 233 g/mol. The minimum atomic E-state index is -2.40. The SMILES string of the molecule is [N-]=[N+]=C1C(=O)C=Cc2c1cccc2S(=O)[O-]. The molecule has 1 unspecified atom stereocenters. The van der Waals surface area contributed by atoms with E-state index in [2.05, 4.69) is 4.79 Å². The molecule has 0 radical (unpaired) electrons. The van der Waals surface area contributed by atoms with Gasteiger partial charge in [-0.25, -0.2) is 0 Å². The lowest BCUT2D eigenvalue weighted by molar-refractivity contribution is -0.112. The zero-order valence-electron chi connectivity index (χ0n) is 7.91. The highest BCUT2D eigenvalue weighted by atomic mass is 32.2. The van der Waals surface area contributed by atoms with Crippen LogP contribution in [0.3, 0.4) is 0 Å². The molecule has 0 aliphatic heterocycles. The molecule has 0 spiro atoms. The van der Waals surface area contributed by atoms with E-state index in [0.717, 1.165) is 0 Å². The predicted octanol–water partition coefficient (Wildman–Crippen LogP) is 0.539. The molecule has 0 heterocycles. The predicted molar refractivity (Wildman–Crippen MR) is 55.4 cm³/mol. The molecule has 16 heavy (non-hydrogen) atoms. The van der Waals surface area contributed by atoms with Gasteiger partial charge in [0.1, 0.15) is 0 Å². The van der Waals surface area contributed by atoms with Crippen LogP contribution in [0.1, 0.15) is 11.1 Å². The molecule has 0 aromatic heterocycles. The Morgan fingerprint density at radius 2 is 2.06 bits per heavy atom. The van der Waals surface area contributed by atoms with E-state index in [9.17, 15) is 13.6 Å². The molecule has 0 bridgehead atoms. The molecule has 0 saturated heterocycles. The molecular formula is C10H5N2O3S-. The van der Waals surface area contributed by atoms with Crippen LogP contribution >= 0.6 is 0 Å². The number of nitrogens with zero attached hydrogens (tertiary/aromatic N) is 2. The molecule has 1 aromatic carbocycles. The van der Waals surface area contributed by atoms with E-state index in [1.807, 2.05) is 0 Å². The Labute approximate surface area is 93.3 Å². The van der Waals surface area contributed by atoms with Crippen molar-refractivity contribution in [3.63, 3.8) is 0 Å². The summed E-state index contributed by atoms with van der Waals surface area (Å²) in [4.78, 5) is 14.3. The minimum Gasteiger partial charge on any atom is -0.768 e. The van der Waals surface area contributed by atoms with Crippen LogP contribution in [0.15, 0.2) is 29.2 Å². The van der Waals surface area contributed by atoms with Crippen molar-refractivity contribution in [3.05, 3.63) is 40.9 Å². The highest BCUT2D eigenvalue weighted by molar-refractivity contribution is 7.79. The lowest BCUT2D eigenvalue weighted by Gasteiger charge is -2.13. The number of fused-ring (bicyclic) bond motifs is 1. The maximum Gasteiger partial charge on any atom is 0.369 e.